The molecule has 2 rings (SSSR count). The molecule has 2 N–H and O–H groups in total. The van der Waals surface area contributed by atoms with Crippen LogP contribution in [-0.2, 0) is 9.59 Å². The summed E-state index contributed by atoms with van der Waals surface area (Å²) in [6.07, 6.45) is -0.133. The maximum absolute atomic E-state index is 12.2. The molecule has 2 amide bonds. The van der Waals surface area contributed by atoms with E-state index in [4.69, 9.17) is 5.11 Å². The molecule has 0 aliphatic carbocycles. The van der Waals surface area contributed by atoms with Crippen LogP contribution in [0.15, 0.2) is 24.3 Å². The van der Waals surface area contributed by atoms with Gasteiger partial charge in [0.15, 0.2) is 0 Å². The topological polar surface area (TPSA) is 90.0 Å². The minimum Gasteiger partial charge on any atom is -0.481 e. The monoisotopic (exact) mass is 333 g/mol. The fraction of sp³-hybridized carbons (Fsp3) is 0.471. The van der Waals surface area contributed by atoms with Gasteiger partial charge in [-0.3, -0.25) is 19.3 Å². The third-order valence-corrected chi connectivity index (χ3v) is 4.31. The summed E-state index contributed by atoms with van der Waals surface area (Å²) < 4.78 is 0. The number of piperazine rings is 1. The Morgan fingerprint density at radius 3 is 2.67 bits per heavy atom. The Morgan fingerprint density at radius 2 is 2.00 bits per heavy atom. The Hall–Kier alpha value is -2.41. The van der Waals surface area contributed by atoms with Crippen LogP contribution in [0.3, 0.4) is 0 Å². The van der Waals surface area contributed by atoms with Crippen LogP contribution in [0.4, 0.5) is 0 Å². The number of carboxylic acids is 1. The first-order chi connectivity index (χ1) is 11.4. The first-order valence-corrected chi connectivity index (χ1v) is 7.94. The third-order valence-electron chi connectivity index (χ3n) is 4.31. The summed E-state index contributed by atoms with van der Waals surface area (Å²) in [6.45, 7) is 1.78. The van der Waals surface area contributed by atoms with Crippen molar-refractivity contribution >= 4 is 17.8 Å². The fourth-order valence-corrected chi connectivity index (χ4v) is 2.86. The summed E-state index contributed by atoms with van der Waals surface area (Å²) in [5.74, 6) is -1.25. The second-order valence-electron chi connectivity index (χ2n) is 5.93. The van der Waals surface area contributed by atoms with E-state index < -0.39 is 5.97 Å². The van der Waals surface area contributed by atoms with Gasteiger partial charge in [-0.15, -0.1) is 0 Å². The number of hydrogen-bond donors (Lipinski definition) is 2. The first kappa shape index (κ1) is 17.9. The van der Waals surface area contributed by atoms with E-state index in [9.17, 15) is 14.4 Å². The van der Waals surface area contributed by atoms with Crippen LogP contribution >= 0.6 is 0 Å². The molecule has 0 radical (unpaired) electrons. The van der Waals surface area contributed by atoms with Crippen molar-refractivity contribution in [2.75, 3.05) is 33.7 Å². The first-order valence-electron chi connectivity index (χ1n) is 7.94. The van der Waals surface area contributed by atoms with Crippen molar-refractivity contribution in [1.29, 1.82) is 0 Å². The van der Waals surface area contributed by atoms with Crippen molar-refractivity contribution in [2.24, 2.45) is 0 Å². The van der Waals surface area contributed by atoms with Crippen LogP contribution in [0.2, 0.25) is 0 Å². The van der Waals surface area contributed by atoms with Gasteiger partial charge in [0.2, 0.25) is 5.91 Å². The lowest BCUT2D eigenvalue weighted by molar-refractivity contribution is -0.141. The Kier molecular flexibility index (Phi) is 5.92. The van der Waals surface area contributed by atoms with Crippen LogP contribution in [-0.4, -0.2) is 66.4 Å². The van der Waals surface area contributed by atoms with Gasteiger partial charge in [0, 0.05) is 38.7 Å². The predicted molar refractivity (Wildman–Crippen MR) is 88.7 cm³/mol. The van der Waals surface area contributed by atoms with Gasteiger partial charge in [0.1, 0.15) is 0 Å². The molecule has 130 valence electrons. The molecule has 1 atom stereocenters. The largest absolute Gasteiger partial charge is 0.481 e. The molecule has 7 heteroatoms. The average Bonchev–Trinajstić information content (AvgIpc) is 2.59. The third kappa shape index (κ3) is 4.32. The summed E-state index contributed by atoms with van der Waals surface area (Å²) in [6, 6.07) is 7.35. The zero-order chi connectivity index (χ0) is 17.7. The summed E-state index contributed by atoms with van der Waals surface area (Å²) in [4.78, 5) is 38.5. The number of hydrogen-bond acceptors (Lipinski definition) is 4. The Bertz CT molecular complexity index is 632. The molecule has 1 aliphatic heterocycles. The Balaban J connectivity index is 2.12. The van der Waals surface area contributed by atoms with Crippen LogP contribution in [0.1, 0.15) is 34.8 Å². The van der Waals surface area contributed by atoms with E-state index in [0.717, 1.165) is 5.56 Å². The molecule has 0 saturated carbocycles. The number of aliphatic carboxylic acids is 1. The van der Waals surface area contributed by atoms with E-state index in [0.29, 0.717) is 25.2 Å². The number of carbonyl (C=O) groups excluding carboxylic acids is 2. The van der Waals surface area contributed by atoms with E-state index in [1.807, 2.05) is 25.2 Å². The van der Waals surface area contributed by atoms with Gasteiger partial charge in [0.05, 0.1) is 12.5 Å². The zero-order valence-corrected chi connectivity index (χ0v) is 14.0. The molecular weight excluding hydrogens is 310 g/mol. The fourth-order valence-electron chi connectivity index (χ4n) is 2.86. The molecule has 0 bridgehead atoms. The standard InChI is InChI=1S/C17H23N3O4/c1-18-17(24)13-5-3-4-12(10-13)14-11-20(9-8-19(14)2)15(21)6-7-16(22)23/h3-5,10,14H,6-9,11H2,1-2H3,(H,18,24)(H,22,23)/t14-/m0/s1. The lowest BCUT2D eigenvalue weighted by Crippen LogP contribution is -2.49. The predicted octanol–water partition coefficient (Wildman–Crippen LogP) is 0.726. The lowest BCUT2D eigenvalue weighted by atomic mass is 10.00. The highest BCUT2D eigenvalue weighted by molar-refractivity contribution is 5.94. The minimum atomic E-state index is -0.965. The highest BCUT2D eigenvalue weighted by atomic mass is 16.4. The summed E-state index contributed by atoms with van der Waals surface area (Å²) >= 11 is 0. The molecule has 0 unspecified atom stereocenters. The number of likely N-dealkylation sites (N-methyl/N-ethyl adjacent to an activating group) is 1. The number of benzene rings is 1. The van der Waals surface area contributed by atoms with Crippen LogP contribution < -0.4 is 5.32 Å². The van der Waals surface area contributed by atoms with E-state index in [1.165, 1.54) is 0 Å². The van der Waals surface area contributed by atoms with Crippen molar-refractivity contribution < 1.29 is 19.5 Å². The number of amides is 2. The molecule has 1 aromatic rings. The van der Waals surface area contributed by atoms with E-state index >= 15 is 0 Å². The molecule has 0 aromatic heterocycles. The molecule has 1 aromatic carbocycles. The number of nitrogens with zero attached hydrogens (tertiary/aromatic N) is 2. The molecule has 1 fully saturated rings. The molecule has 7 nitrogen and oxygen atoms in total. The van der Waals surface area contributed by atoms with Gasteiger partial charge < -0.3 is 15.3 Å². The lowest BCUT2D eigenvalue weighted by Gasteiger charge is -2.39. The number of nitrogens with one attached hydrogen (secondary N) is 1. The number of carbonyl (C=O) groups is 3. The summed E-state index contributed by atoms with van der Waals surface area (Å²) in [7, 11) is 3.57. The summed E-state index contributed by atoms with van der Waals surface area (Å²) in [5, 5.41) is 11.3. The van der Waals surface area contributed by atoms with E-state index in [2.05, 4.69) is 10.2 Å². The zero-order valence-electron chi connectivity index (χ0n) is 14.0. The highest BCUT2D eigenvalue weighted by Crippen LogP contribution is 2.25. The van der Waals surface area contributed by atoms with E-state index in [-0.39, 0.29) is 30.7 Å². The maximum Gasteiger partial charge on any atom is 0.303 e. The smallest absolute Gasteiger partial charge is 0.303 e. The number of carboxylic acid groups (broad SMARTS) is 1. The van der Waals surface area contributed by atoms with Gasteiger partial charge in [-0.1, -0.05) is 12.1 Å². The maximum atomic E-state index is 12.2. The normalized spacial score (nSPS) is 18.2. The van der Waals surface area contributed by atoms with Crippen LogP contribution in [0.5, 0.6) is 0 Å². The minimum absolute atomic E-state index is 0.0165. The van der Waals surface area contributed by atoms with Crippen molar-refractivity contribution in [3.63, 3.8) is 0 Å². The van der Waals surface area contributed by atoms with Crippen LogP contribution in [0.25, 0.3) is 0 Å². The van der Waals surface area contributed by atoms with Gasteiger partial charge >= 0.3 is 5.97 Å². The van der Waals surface area contributed by atoms with Crippen molar-refractivity contribution in [1.82, 2.24) is 15.1 Å². The average molecular weight is 333 g/mol. The van der Waals surface area contributed by atoms with Crippen molar-refractivity contribution in [3.8, 4) is 0 Å². The van der Waals surface area contributed by atoms with E-state index in [1.54, 1.807) is 18.0 Å². The quantitative estimate of drug-likeness (QED) is 0.829. The molecule has 24 heavy (non-hydrogen) atoms. The Labute approximate surface area is 141 Å². The SMILES string of the molecule is CNC(=O)c1cccc([C@@H]2CN(C(=O)CCC(=O)O)CCN2C)c1. The Morgan fingerprint density at radius 1 is 1.25 bits per heavy atom. The molecule has 1 heterocycles. The highest BCUT2D eigenvalue weighted by Gasteiger charge is 2.28. The molecule has 1 aliphatic rings. The van der Waals surface area contributed by atoms with Crippen LogP contribution in [0, 0.1) is 0 Å². The molecular formula is C17H23N3O4. The second-order valence-corrected chi connectivity index (χ2v) is 5.93. The molecule has 1 saturated heterocycles. The van der Waals surface area contributed by atoms with Crippen molar-refractivity contribution in [2.45, 2.75) is 18.9 Å². The number of rotatable bonds is 5. The van der Waals surface area contributed by atoms with Gasteiger partial charge in [-0.2, -0.15) is 0 Å². The summed E-state index contributed by atoms with van der Waals surface area (Å²) in [5.41, 5.74) is 1.55. The van der Waals surface area contributed by atoms with Gasteiger partial charge in [-0.05, 0) is 24.7 Å². The van der Waals surface area contributed by atoms with Gasteiger partial charge in [-0.25, -0.2) is 0 Å². The molecule has 0 spiro atoms. The van der Waals surface area contributed by atoms with Gasteiger partial charge in [0.25, 0.3) is 5.91 Å². The van der Waals surface area contributed by atoms with Crippen molar-refractivity contribution in [3.05, 3.63) is 35.4 Å². The second kappa shape index (κ2) is 7.92.